The van der Waals surface area contributed by atoms with Gasteiger partial charge >= 0.3 is 0 Å². The highest BCUT2D eigenvalue weighted by Crippen LogP contribution is 2.24. The Bertz CT molecular complexity index is 949. The van der Waals surface area contributed by atoms with Crippen LogP contribution < -0.4 is 5.32 Å². The number of hydrogen-bond acceptors (Lipinski definition) is 4. The number of anilines is 1. The smallest absolute Gasteiger partial charge is 0.261 e. The molecule has 2 aromatic carbocycles. The lowest BCUT2D eigenvalue weighted by Crippen LogP contribution is -2.31. The van der Waals surface area contributed by atoms with Gasteiger partial charge < -0.3 is 5.32 Å². The van der Waals surface area contributed by atoms with Crippen LogP contribution in [0, 0.1) is 6.92 Å². The molecule has 3 rings (SSSR count). The van der Waals surface area contributed by atoms with Crippen molar-refractivity contribution in [3.05, 3.63) is 64.7 Å². The van der Waals surface area contributed by atoms with Crippen molar-refractivity contribution in [1.82, 2.24) is 4.90 Å². The van der Waals surface area contributed by atoms with Crippen LogP contribution in [0.1, 0.15) is 56.4 Å². The third-order valence-corrected chi connectivity index (χ3v) is 4.49. The fourth-order valence-corrected chi connectivity index (χ4v) is 3.12. The van der Waals surface area contributed by atoms with Gasteiger partial charge in [0.2, 0.25) is 5.91 Å². The van der Waals surface area contributed by atoms with E-state index in [1.807, 2.05) is 6.92 Å². The zero-order valence-corrected chi connectivity index (χ0v) is 15.2. The molecule has 27 heavy (non-hydrogen) atoms. The van der Waals surface area contributed by atoms with Gasteiger partial charge in [0.25, 0.3) is 11.8 Å². The van der Waals surface area contributed by atoms with Crippen molar-refractivity contribution in [3.8, 4) is 0 Å². The van der Waals surface area contributed by atoms with Gasteiger partial charge in [-0.2, -0.15) is 0 Å². The van der Waals surface area contributed by atoms with Crippen molar-refractivity contribution in [2.45, 2.75) is 26.7 Å². The van der Waals surface area contributed by atoms with Crippen LogP contribution in [-0.4, -0.2) is 34.9 Å². The number of rotatable bonds is 6. The maximum absolute atomic E-state index is 12.4. The molecular weight excluding hydrogens is 344 g/mol. The number of imide groups is 1. The number of fused-ring (bicyclic) bond motifs is 1. The van der Waals surface area contributed by atoms with Crippen LogP contribution in [0.3, 0.4) is 0 Å². The van der Waals surface area contributed by atoms with Crippen molar-refractivity contribution in [3.63, 3.8) is 0 Å². The van der Waals surface area contributed by atoms with Gasteiger partial charge in [-0.15, -0.1) is 0 Å². The first-order chi connectivity index (χ1) is 12.9. The number of benzene rings is 2. The molecule has 1 N–H and O–H groups in total. The minimum atomic E-state index is -0.322. The van der Waals surface area contributed by atoms with Crippen molar-refractivity contribution in [2.75, 3.05) is 11.9 Å². The molecule has 0 bridgehead atoms. The minimum absolute atomic E-state index is 0.132. The van der Waals surface area contributed by atoms with Crippen LogP contribution in [0.2, 0.25) is 0 Å². The van der Waals surface area contributed by atoms with Gasteiger partial charge in [-0.05, 0) is 44.5 Å². The monoisotopic (exact) mass is 364 g/mol. The molecule has 0 unspecified atom stereocenters. The Morgan fingerprint density at radius 3 is 2.44 bits per heavy atom. The van der Waals surface area contributed by atoms with Gasteiger partial charge in [0, 0.05) is 18.5 Å². The number of carbonyl (C=O) groups is 4. The molecule has 3 amide bonds. The molecule has 0 saturated carbocycles. The second-order valence-corrected chi connectivity index (χ2v) is 6.56. The number of Topliss-reactive ketones (excluding diaryl/α,β-unsaturated/α-hetero) is 1. The van der Waals surface area contributed by atoms with Crippen LogP contribution in [0.15, 0.2) is 42.5 Å². The molecule has 1 aliphatic rings. The van der Waals surface area contributed by atoms with Crippen molar-refractivity contribution in [2.24, 2.45) is 0 Å². The predicted molar refractivity (Wildman–Crippen MR) is 101 cm³/mol. The van der Waals surface area contributed by atoms with E-state index in [0.717, 1.165) is 5.56 Å². The first-order valence-corrected chi connectivity index (χ1v) is 8.75. The highest BCUT2D eigenvalue weighted by Gasteiger charge is 2.34. The Kier molecular flexibility index (Phi) is 5.16. The van der Waals surface area contributed by atoms with E-state index < -0.39 is 0 Å². The normalized spacial score (nSPS) is 12.9. The summed E-state index contributed by atoms with van der Waals surface area (Å²) < 4.78 is 0. The van der Waals surface area contributed by atoms with E-state index in [4.69, 9.17) is 0 Å². The second kappa shape index (κ2) is 7.53. The Balaban J connectivity index is 1.58. The van der Waals surface area contributed by atoms with Crippen LogP contribution in [0.5, 0.6) is 0 Å². The molecule has 1 aliphatic heterocycles. The lowest BCUT2D eigenvalue weighted by molar-refractivity contribution is -0.116. The lowest BCUT2D eigenvalue weighted by Gasteiger charge is -2.14. The maximum atomic E-state index is 12.4. The molecule has 138 valence electrons. The lowest BCUT2D eigenvalue weighted by atomic mass is 10.1. The van der Waals surface area contributed by atoms with E-state index >= 15 is 0 Å². The molecule has 0 atom stereocenters. The third-order valence-electron chi connectivity index (χ3n) is 4.49. The summed E-state index contributed by atoms with van der Waals surface area (Å²) >= 11 is 0. The summed E-state index contributed by atoms with van der Waals surface area (Å²) in [6.45, 7) is 3.48. The number of hydrogen-bond donors (Lipinski definition) is 1. The first-order valence-electron chi connectivity index (χ1n) is 8.75. The van der Waals surface area contributed by atoms with Crippen LogP contribution >= 0.6 is 0 Å². The Labute approximate surface area is 157 Å². The van der Waals surface area contributed by atoms with Gasteiger partial charge in [0.1, 0.15) is 0 Å². The topological polar surface area (TPSA) is 83.6 Å². The highest BCUT2D eigenvalue weighted by atomic mass is 16.2. The molecular formula is C21H20N2O4. The fourth-order valence-electron chi connectivity index (χ4n) is 3.12. The average molecular weight is 364 g/mol. The molecule has 0 saturated heterocycles. The Morgan fingerprint density at radius 1 is 1.00 bits per heavy atom. The quantitative estimate of drug-likeness (QED) is 0.630. The average Bonchev–Trinajstić information content (AvgIpc) is 2.86. The summed E-state index contributed by atoms with van der Waals surface area (Å²) in [6, 6.07) is 12.0. The number of amides is 3. The van der Waals surface area contributed by atoms with Crippen LogP contribution in [0.25, 0.3) is 0 Å². The minimum Gasteiger partial charge on any atom is -0.325 e. The summed E-state index contributed by atoms with van der Waals surface area (Å²) in [5, 5.41) is 2.72. The summed E-state index contributed by atoms with van der Waals surface area (Å²) in [6.07, 6.45) is 0.483. The van der Waals surface area contributed by atoms with E-state index in [1.165, 1.54) is 11.8 Å². The summed E-state index contributed by atoms with van der Waals surface area (Å²) in [7, 11) is 0. The maximum Gasteiger partial charge on any atom is 0.261 e. The van der Waals surface area contributed by atoms with Gasteiger partial charge in [0.15, 0.2) is 5.78 Å². The van der Waals surface area contributed by atoms with E-state index in [2.05, 4.69) is 5.32 Å². The summed E-state index contributed by atoms with van der Waals surface area (Å²) in [5.74, 6) is -1.04. The molecule has 0 aliphatic carbocycles. The van der Waals surface area contributed by atoms with E-state index in [9.17, 15) is 19.2 Å². The van der Waals surface area contributed by atoms with E-state index in [1.54, 1.807) is 42.5 Å². The van der Waals surface area contributed by atoms with Crippen molar-refractivity contribution in [1.29, 1.82) is 0 Å². The Morgan fingerprint density at radius 2 is 1.70 bits per heavy atom. The van der Waals surface area contributed by atoms with Gasteiger partial charge in [-0.1, -0.05) is 23.8 Å². The number of nitrogens with zero attached hydrogens (tertiary/aromatic N) is 1. The Hall–Kier alpha value is -3.28. The SMILES string of the molecule is CC(=O)c1ccccc1NC(=O)CCCN1C(=O)c2ccc(C)cc2C1=O. The van der Waals surface area contributed by atoms with Gasteiger partial charge in [-0.3, -0.25) is 24.1 Å². The number of nitrogens with one attached hydrogen (secondary N) is 1. The fraction of sp³-hybridized carbons (Fsp3) is 0.238. The number of carbonyl (C=O) groups excluding carboxylic acids is 4. The zero-order valence-electron chi connectivity index (χ0n) is 15.2. The molecule has 0 aromatic heterocycles. The van der Waals surface area contributed by atoms with Gasteiger partial charge in [-0.25, -0.2) is 0 Å². The standard InChI is InChI=1S/C21H20N2O4/c1-13-9-10-16-17(12-13)21(27)23(20(16)26)11-5-8-19(25)22-18-7-4-3-6-15(18)14(2)24/h3-4,6-7,9-10,12H,5,8,11H2,1-2H3,(H,22,25). The largest absolute Gasteiger partial charge is 0.325 e. The molecule has 0 radical (unpaired) electrons. The first kappa shape index (κ1) is 18.5. The van der Waals surface area contributed by atoms with E-state index in [-0.39, 0.29) is 36.5 Å². The van der Waals surface area contributed by atoms with Gasteiger partial charge in [0.05, 0.1) is 16.8 Å². The van der Waals surface area contributed by atoms with Crippen LogP contribution in [-0.2, 0) is 4.79 Å². The molecule has 2 aromatic rings. The number of aryl methyl sites for hydroxylation is 1. The van der Waals surface area contributed by atoms with Crippen LogP contribution in [0.4, 0.5) is 5.69 Å². The number of para-hydroxylation sites is 1. The molecule has 1 heterocycles. The third kappa shape index (κ3) is 3.79. The highest BCUT2D eigenvalue weighted by molar-refractivity contribution is 6.21. The van der Waals surface area contributed by atoms with Crippen molar-refractivity contribution >= 4 is 29.2 Å². The second-order valence-electron chi connectivity index (χ2n) is 6.56. The summed E-state index contributed by atoms with van der Waals surface area (Å²) in [5.41, 5.74) is 2.65. The molecule has 0 fully saturated rings. The molecule has 6 nitrogen and oxygen atoms in total. The van der Waals surface area contributed by atoms with E-state index in [0.29, 0.717) is 28.8 Å². The molecule has 0 spiro atoms. The van der Waals surface area contributed by atoms with Crippen molar-refractivity contribution < 1.29 is 19.2 Å². The zero-order chi connectivity index (χ0) is 19.6. The molecule has 6 heteroatoms. The predicted octanol–water partition coefficient (Wildman–Crippen LogP) is 3.21. The number of ketones is 1. The summed E-state index contributed by atoms with van der Waals surface area (Å²) in [4.78, 5) is 49.7.